The van der Waals surface area contributed by atoms with Crippen LogP contribution in [0.4, 0.5) is 0 Å². The maximum Gasteiger partial charge on any atom is 0.0921 e. The van der Waals surface area contributed by atoms with Crippen molar-refractivity contribution in [1.29, 1.82) is 0 Å². The van der Waals surface area contributed by atoms with Crippen molar-refractivity contribution in [2.75, 3.05) is 0 Å². The average Bonchev–Trinajstić information content (AvgIpc) is 1.37. The third kappa shape index (κ3) is 2.19. The summed E-state index contributed by atoms with van der Waals surface area (Å²) in [6, 6.07) is 0. The van der Waals surface area contributed by atoms with Crippen LogP contribution >= 0.6 is 0 Å². The summed E-state index contributed by atoms with van der Waals surface area (Å²) in [5.74, 6) is 0. The summed E-state index contributed by atoms with van der Waals surface area (Å²) in [5.41, 5.74) is 0. The van der Waals surface area contributed by atoms with Crippen LogP contribution in [-0.4, -0.2) is 22.8 Å². The lowest BCUT2D eigenvalue weighted by Gasteiger charge is -1.61. The SMILES string of the molecule is BBCB. The van der Waals surface area contributed by atoms with Crippen molar-refractivity contribution in [3.63, 3.8) is 0 Å². The van der Waals surface area contributed by atoms with Gasteiger partial charge in [0.15, 0.2) is 0 Å². The van der Waals surface area contributed by atoms with Crippen LogP contribution in [-0.2, 0) is 0 Å². The Hall–Kier alpha value is 0.195. The van der Waals surface area contributed by atoms with Crippen LogP contribution < -0.4 is 0 Å². The molecule has 0 rings (SSSR count). The van der Waals surface area contributed by atoms with Gasteiger partial charge in [-0.05, 0) is 0 Å². The van der Waals surface area contributed by atoms with E-state index in [4.69, 9.17) is 0 Å². The van der Waals surface area contributed by atoms with E-state index in [1.165, 1.54) is 13.4 Å². The Morgan fingerprint density at radius 1 is 1.75 bits per heavy atom. The molecule has 0 aromatic carbocycles. The largest absolute Gasteiger partial charge is 0.111 e. The van der Waals surface area contributed by atoms with Crippen molar-refractivity contribution >= 4 is 22.8 Å². The minimum atomic E-state index is 1.32. The smallest absolute Gasteiger partial charge is 0.0921 e. The fourth-order valence-electron chi connectivity index (χ4n) is 0. The highest BCUT2D eigenvalue weighted by Gasteiger charge is 1.63. The molecule has 0 nitrogen and oxygen atoms in total. The third-order valence-electron chi connectivity index (χ3n) is 0.500. The first-order chi connectivity index (χ1) is 1.91. The van der Waals surface area contributed by atoms with Crippen LogP contribution in [0.25, 0.3) is 0 Å². The predicted octanol–water partition coefficient (Wildman–Crippen LogP) is -2.02. The van der Waals surface area contributed by atoms with E-state index < -0.39 is 0 Å². The van der Waals surface area contributed by atoms with Crippen LogP contribution in [0.1, 0.15) is 0 Å². The Morgan fingerprint density at radius 2 is 2.00 bits per heavy atom. The maximum atomic E-state index is 2.18. The molecule has 4 heavy (non-hydrogen) atoms. The van der Waals surface area contributed by atoms with Crippen molar-refractivity contribution < 1.29 is 0 Å². The van der Waals surface area contributed by atoms with Crippen molar-refractivity contribution in [2.24, 2.45) is 0 Å². The Balaban J connectivity index is 1.97. The molecule has 0 aromatic heterocycles. The third-order valence-corrected chi connectivity index (χ3v) is 0.500. The van der Waals surface area contributed by atoms with Crippen LogP contribution in [0.2, 0.25) is 6.22 Å². The van der Waals surface area contributed by atoms with Gasteiger partial charge in [-0.1, -0.05) is 0 Å². The second-order valence-electron chi connectivity index (χ2n) is 1.000. The molecule has 0 spiro atoms. The molecule has 0 aliphatic rings. The minimum Gasteiger partial charge on any atom is -0.111 e. The Labute approximate surface area is 30.0 Å². The highest BCUT2D eigenvalue weighted by Crippen LogP contribution is 1.49. The highest BCUT2D eigenvalue weighted by atomic mass is 13.0. The lowest BCUT2D eigenvalue weighted by atomic mass is 9.49. The molecule has 20 valence electrons. The van der Waals surface area contributed by atoms with E-state index in [9.17, 15) is 0 Å². The zero-order valence-corrected chi connectivity index (χ0v) is 3.41. The molecule has 0 unspecified atom stereocenters. The zero-order chi connectivity index (χ0) is 3.41. The summed E-state index contributed by atoms with van der Waals surface area (Å²) in [6.07, 6.45) is 1.32. The molecule has 0 heterocycles. The molecule has 0 saturated carbocycles. The summed E-state index contributed by atoms with van der Waals surface area (Å²) in [6.45, 7) is 0. The van der Waals surface area contributed by atoms with Gasteiger partial charge in [0.1, 0.15) is 0 Å². The molecule has 0 amide bonds. The zero-order valence-electron chi connectivity index (χ0n) is 3.41. The molecular formula is CH7B3. The second-order valence-corrected chi connectivity index (χ2v) is 1.000. The lowest BCUT2D eigenvalue weighted by molar-refractivity contribution is 2.12. The van der Waals surface area contributed by atoms with Crippen LogP contribution in [0.15, 0.2) is 0 Å². The molecule has 0 fully saturated rings. The molecule has 0 bridgehead atoms. The summed E-state index contributed by atoms with van der Waals surface area (Å²) >= 11 is 0. The van der Waals surface area contributed by atoms with Crippen LogP contribution in [0.5, 0.6) is 0 Å². The first-order valence-electron chi connectivity index (χ1n) is 1.91. The van der Waals surface area contributed by atoms with Crippen LogP contribution in [0, 0.1) is 0 Å². The summed E-state index contributed by atoms with van der Waals surface area (Å²) in [7, 11) is 5.68. The van der Waals surface area contributed by atoms with Gasteiger partial charge in [0.05, 0.1) is 22.8 Å². The van der Waals surface area contributed by atoms with Crippen molar-refractivity contribution in [3.05, 3.63) is 0 Å². The van der Waals surface area contributed by atoms with E-state index in [0.29, 0.717) is 0 Å². The molecule has 0 N–H and O–H groups in total. The Kier molecular flexibility index (Phi) is 3.35. The first kappa shape index (κ1) is 4.19. The van der Waals surface area contributed by atoms with E-state index in [1.54, 1.807) is 0 Å². The lowest BCUT2D eigenvalue weighted by Crippen LogP contribution is -1.82. The first-order valence-corrected chi connectivity index (χ1v) is 1.91. The molecule has 0 aliphatic heterocycles. The van der Waals surface area contributed by atoms with Gasteiger partial charge in [-0.3, -0.25) is 0 Å². The van der Waals surface area contributed by atoms with Gasteiger partial charge in [-0.25, -0.2) is 0 Å². The monoisotopic (exact) mass is 52.1 g/mol. The van der Waals surface area contributed by atoms with E-state index >= 15 is 0 Å². The fraction of sp³-hybridized carbons (Fsp3) is 1.00. The number of hydrogen-bond acceptors (Lipinski definition) is 0. The quantitative estimate of drug-likeness (QED) is 0.302. The fourth-order valence-corrected chi connectivity index (χ4v) is 0. The summed E-state index contributed by atoms with van der Waals surface area (Å²) < 4.78 is 0. The van der Waals surface area contributed by atoms with Gasteiger partial charge in [0, 0.05) is 0 Å². The maximum absolute atomic E-state index is 2.18. The van der Waals surface area contributed by atoms with E-state index in [1.807, 2.05) is 0 Å². The van der Waals surface area contributed by atoms with Gasteiger partial charge in [0.25, 0.3) is 0 Å². The normalized spacial score (nSPS) is 6.00. The Bertz CT molecular complexity index is 5.25. The molecule has 3 heteroatoms. The van der Waals surface area contributed by atoms with Crippen molar-refractivity contribution in [3.8, 4) is 0 Å². The van der Waals surface area contributed by atoms with Crippen molar-refractivity contribution in [1.82, 2.24) is 0 Å². The summed E-state index contributed by atoms with van der Waals surface area (Å²) in [5, 5.41) is 0. The van der Waals surface area contributed by atoms with Gasteiger partial charge < -0.3 is 0 Å². The minimum absolute atomic E-state index is 1.32. The second kappa shape index (κ2) is 3.19. The van der Waals surface area contributed by atoms with Gasteiger partial charge in [0.2, 0.25) is 0 Å². The molecule has 0 atom stereocenters. The molecule has 0 aliphatic carbocycles. The number of hydrogen-bond donors (Lipinski definition) is 0. The van der Waals surface area contributed by atoms with E-state index in [0.717, 1.165) is 0 Å². The van der Waals surface area contributed by atoms with Gasteiger partial charge >= 0.3 is 0 Å². The Morgan fingerprint density at radius 3 is 2.00 bits per heavy atom. The molecular weight excluding hydrogens is 44.4 g/mol. The van der Waals surface area contributed by atoms with Crippen LogP contribution in [0.3, 0.4) is 0 Å². The van der Waals surface area contributed by atoms with E-state index in [-0.39, 0.29) is 0 Å². The molecule has 0 saturated heterocycles. The van der Waals surface area contributed by atoms with Gasteiger partial charge in [-0.15, -0.1) is 6.22 Å². The predicted molar refractivity (Wildman–Crippen MR) is 29.0 cm³/mol. The summed E-state index contributed by atoms with van der Waals surface area (Å²) in [4.78, 5) is 0. The topological polar surface area (TPSA) is 0 Å². The van der Waals surface area contributed by atoms with Gasteiger partial charge in [-0.2, -0.15) is 0 Å². The molecule has 0 radical (unpaired) electrons. The molecule has 0 aromatic rings. The van der Waals surface area contributed by atoms with E-state index in [2.05, 4.69) is 15.6 Å². The average molecular weight is 51.5 g/mol. The van der Waals surface area contributed by atoms with Crippen molar-refractivity contribution in [2.45, 2.75) is 6.22 Å². The highest BCUT2D eigenvalue weighted by molar-refractivity contribution is 6.91. The number of rotatable bonds is 1. The standard InChI is InChI=1S/CH7B3/c2-1-4-3/h4H,1-3H2.